The SMILES string of the molecule is Cc1cc(C(C)NCc2cncn2C2CC2)c(C)s1. The van der Waals surface area contributed by atoms with Gasteiger partial charge in [-0.05, 0) is 45.2 Å². The summed E-state index contributed by atoms with van der Waals surface area (Å²) >= 11 is 1.88. The summed E-state index contributed by atoms with van der Waals surface area (Å²) in [5.74, 6) is 0. The molecule has 1 unspecified atom stereocenters. The van der Waals surface area contributed by atoms with Gasteiger partial charge in [-0.15, -0.1) is 11.3 Å². The highest BCUT2D eigenvalue weighted by Gasteiger charge is 2.25. The Kier molecular flexibility index (Phi) is 3.46. The molecule has 1 aliphatic carbocycles. The molecule has 0 radical (unpaired) electrons. The van der Waals surface area contributed by atoms with Crippen LogP contribution in [0.2, 0.25) is 0 Å². The summed E-state index contributed by atoms with van der Waals surface area (Å²) in [5, 5.41) is 3.62. The van der Waals surface area contributed by atoms with E-state index >= 15 is 0 Å². The molecule has 0 aliphatic heterocycles. The average Bonchev–Trinajstić information content (AvgIpc) is 3.01. The van der Waals surface area contributed by atoms with E-state index < -0.39 is 0 Å². The molecular weight excluding hydrogens is 254 g/mol. The topological polar surface area (TPSA) is 29.9 Å². The fourth-order valence-corrected chi connectivity index (χ4v) is 3.62. The Bertz CT molecular complexity index is 566. The van der Waals surface area contributed by atoms with Crippen molar-refractivity contribution in [2.75, 3.05) is 0 Å². The van der Waals surface area contributed by atoms with Crippen molar-refractivity contribution < 1.29 is 0 Å². The van der Waals surface area contributed by atoms with E-state index in [1.54, 1.807) is 0 Å². The van der Waals surface area contributed by atoms with Crippen LogP contribution in [0.3, 0.4) is 0 Å². The smallest absolute Gasteiger partial charge is 0.0951 e. The largest absolute Gasteiger partial charge is 0.330 e. The summed E-state index contributed by atoms with van der Waals surface area (Å²) in [7, 11) is 0. The molecular formula is C15H21N3S. The molecule has 4 heteroatoms. The monoisotopic (exact) mass is 275 g/mol. The molecule has 1 N–H and O–H groups in total. The quantitative estimate of drug-likeness (QED) is 0.900. The third-order valence-electron chi connectivity index (χ3n) is 3.82. The maximum Gasteiger partial charge on any atom is 0.0951 e. The Hall–Kier alpha value is -1.13. The van der Waals surface area contributed by atoms with Gasteiger partial charge < -0.3 is 9.88 Å². The molecule has 3 nitrogen and oxygen atoms in total. The lowest BCUT2D eigenvalue weighted by Crippen LogP contribution is -2.20. The lowest BCUT2D eigenvalue weighted by atomic mass is 10.1. The predicted octanol–water partition coefficient (Wildman–Crippen LogP) is 3.75. The Morgan fingerprint density at radius 2 is 2.26 bits per heavy atom. The van der Waals surface area contributed by atoms with Gasteiger partial charge in [-0.1, -0.05) is 0 Å². The van der Waals surface area contributed by atoms with Gasteiger partial charge in [0.1, 0.15) is 0 Å². The summed E-state index contributed by atoms with van der Waals surface area (Å²) in [6, 6.07) is 3.41. The molecule has 1 saturated carbocycles. The standard InChI is InChI=1S/C15H21N3S/c1-10-6-15(12(3)19-10)11(2)17-8-14-7-16-9-18(14)13-4-5-13/h6-7,9,11,13,17H,4-5,8H2,1-3H3. The third-order valence-corrected chi connectivity index (χ3v) is 4.80. The van der Waals surface area contributed by atoms with Crippen LogP contribution < -0.4 is 5.32 Å². The van der Waals surface area contributed by atoms with Gasteiger partial charge in [0.05, 0.1) is 12.0 Å². The molecule has 0 amide bonds. The molecule has 3 rings (SSSR count). The number of hydrogen-bond donors (Lipinski definition) is 1. The predicted molar refractivity (Wildman–Crippen MR) is 79.5 cm³/mol. The average molecular weight is 275 g/mol. The van der Waals surface area contributed by atoms with E-state index in [0.717, 1.165) is 6.54 Å². The molecule has 19 heavy (non-hydrogen) atoms. The van der Waals surface area contributed by atoms with Crippen molar-refractivity contribution in [2.45, 2.75) is 52.2 Å². The lowest BCUT2D eigenvalue weighted by molar-refractivity contribution is 0.546. The Labute approximate surface area is 118 Å². The molecule has 102 valence electrons. The Morgan fingerprint density at radius 3 is 2.89 bits per heavy atom. The fraction of sp³-hybridized carbons (Fsp3) is 0.533. The van der Waals surface area contributed by atoms with Gasteiger partial charge in [0.15, 0.2) is 0 Å². The number of thiophene rings is 1. The molecule has 0 bridgehead atoms. The van der Waals surface area contributed by atoms with Gasteiger partial charge in [-0.2, -0.15) is 0 Å². The van der Waals surface area contributed by atoms with Crippen LogP contribution in [-0.2, 0) is 6.54 Å². The van der Waals surface area contributed by atoms with Gasteiger partial charge in [0, 0.05) is 34.6 Å². The van der Waals surface area contributed by atoms with Crippen LogP contribution >= 0.6 is 11.3 Å². The van der Waals surface area contributed by atoms with Gasteiger partial charge in [-0.3, -0.25) is 0 Å². The van der Waals surface area contributed by atoms with Crippen LogP contribution in [0.5, 0.6) is 0 Å². The van der Waals surface area contributed by atoms with Crippen molar-refractivity contribution >= 4 is 11.3 Å². The highest BCUT2D eigenvalue weighted by atomic mass is 32.1. The van der Waals surface area contributed by atoms with Crippen LogP contribution in [0.4, 0.5) is 0 Å². The van der Waals surface area contributed by atoms with E-state index in [1.807, 2.05) is 23.9 Å². The normalized spacial score (nSPS) is 16.8. The maximum absolute atomic E-state index is 4.28. The highest BCUT2D eigenvalue weighted by Crippen LogP contribution is 2.35. The first-order valence-corrected chi connectivity index (χ1v) is 7.78. The van der Waals surface area contributed by atoms with Gasteiger partial charge >= 0.3 is 0 Å². The first-order chi connectivity index (χ1) is 9.15. The van der Waals surface area contributed by atoms with Crippen molar-refractivity contribution in [1.29, 1.82) is 0 Å². The zero-order valence-electron chi connectivity index (χ0n) is 11.8. The molecule has 2 heterocycles. The zero-order chi connectivity index (χ0) is 13.4. The molecule has 0 spiro atoms. The zero-order valence-corrected chi connectivity index (χ0v) is 12.6. The third kappa shape index (κ3) is 2.74. The summed E-state index contributed by atoms with van der Waals surface area (Å²) < 4.78 is 2.32. The highest BCUT2D eigenvalue weighted by molar-refractivity contribution is 7.12. The Balaban J connectivity index is 1.65. The van der Waals surface area contributed by atoms with Crippen molar-refractivity contribution in [3.8, 4) is 0 Å². The summed E-state index contributed by atoms with van der Waals surface area (Å²) in [5.41, 5.74) is 2.74. The van der Waals surface area contributed by atoms with Crippen LogP contribution in [0.25, 0.3) is 0 Å². The number of rotatable bonds is 5. The minimum atomic E-state index is 0.396. The molecule has 0 aromatic carbocycles. The van der Waals surface area contributed by atoms with Crippen molar-refractivity contribution in [2.24, 2.45) is 0 Å². The van der Waals surface area contributed by atoms with Gasteiger partial charge in [0.2, 0.25) is 0 Å². The second-order valence-corrected chi connectivity index (χ2v) is 6.96. The number of nitrogens with one attached hydrogen (secondary N) is 1. The minimum Gasteiger partial charge on any atom is -0.330 e. The van der Waals surface area contributed by atoms with Crippen LogP contribution in [0, 0.1) is 13.8 Å². The summed E-state index contributed by atoms with van der Waals surface area (Å²) in [6.45, 7) is 7.52. The number of hydrogen-bond acceptors (Lipinski definition) is 3. The summed E-state index contributed by atoms with van der Waals surface area (Å²) in [6.07, 6.45) is 6.58. The van der Waals surface area contributed by atoms with E-state index in [0.29, 0.717) is 12.1 Å². The van der Waals surface area contributed by atoms with Crippen molar-refractivity contribution in [3.05, 3.63) is 39.6 Å². The van der Waals surface area contributed by atoms with E-state index in [-0.39, 0.29) is 0 Å². The maximum atomic E-state index is 4.28. The fourth-order valence-electron chi connectivity index (χ4n) is 2.60. The van der Waals surface area contributed by atoms with Crippen LogP contribution in [0.1, 0.15) is 52.9 Å². The van der Waals surface area contributed by atoms with Crippen molar-refractivity contribution in [3.63, 3.8) is 0 Å². The second-order valence-electron chi connectivity index (χ2n) is 5.49. The number of nitrogens with zero attached hydrogens (tertiary/aromatic N) is 2. The molecule has 2 aromatic heterocycles. The van der Waals surface area contributed by atoms with Crippen molar-refractivity contribution in [1.82, 2.24) is 14.9 Å². The van der Waals surface area contributed by atoms with Gasteiger partial charge in [-0.25, -0.2) is 4.98 Å². The molecule has 1 atom stereocenters. The molecule has 0 saturated heterocycles. The van der Waals surface area contributed by atoms with Gasteiger partial charge in [0.25, 0.3) is 0 Å². The number of imidazole rings is 1. The second kappa shape index (κ2) is 5.10. The van der Waals surface area contributed by atoms with E-state index in [2.05, 4.69) is 41.7 Å². The first-order valence-electron chi connectivity index (χ1n) is 6.96. The van der Waals surface area contributed by atoms with Crippen LogP contribution in [0.15, 0.2) is 18.6 Å². The van der Waals surface area contributed by atoms with Crippen LogP contribution in [-0.4, -0.2) is 9.55 Å². The molecule has 2 aromatic rings. The number of aryl methyl sites for hydroxylation is 2. The summed E-state index contributed by atoms with van der Waals surface area (Å²) in [4.78, 5) is 7.10. The number of aromatic nitrogens is 2. The Morgan fingerprint density at radius 1 is 1.47 bits per heavy atom. The first kappa shape index (κ1) is 12.9. The van der Waals surface area contributed by atoms with E-state index in [9.17, 15) is 0 Å². The minimum absolute atomic E-state index is 0.396. The van der Waals surface area contributed by atoms with E-state index in [4.69, 9.17) is 0 Å². The van der Waals surface area contributed by atoms with E-state index in [1.165, 1.54) is 33.9 Å². The lowest BCUT2D eigenvalue weighted by Gasteiger charge is -2.15. The molecule has 1 fully saturated rings. The molecule has 1 aliphatic rings.